The lowest BCUT2D eigenvalue weighted by Gasteiger charge is -1.98. The van der Waals surface area contributed by atoms with Gasteiger partial charge in [-0.1, -0.05) is 46.7 Å². The Morgan fingerprint density at radius 2 is 2.00 bits per heavy atom. The van der Waals surface area contributed by atoms with E-state index < -0.39 is 0 Å². The monoisotopic (exact) mass is 391 g/mol. The van der Waals surface area contributed by atoms with E-state index in [4.69, 9.17) is 23.2 Å². The van der Waals surface area contributed by atoms with Gasteiger partial charge in [0.1, 0.15) is 5.82 Å². The Hall–Kier alpha value is -2.28. The summed E-state index contributed by atoms with van der Waals surface area (Å²) in [6, 6.07) is 11.0. The normalized spacial score (nSPS) is 12.2. The second-order valence-corrected chi connectivity index (χ2v) is 7.08. The van der Waals surface area contributed by atoms with Crippen LogP contribution in [0.4, 0.5) is 4.39 Å². The third kappa shape index (κ3) is 3.04. The van der Waals surface area contributed by atoms with Crippen molar-refractivity contribution >= 4 is 45.6 Å². The van der Waals surface area contributed by atoms with E-state index in [1.54, 1.807) is 36.4 Å². The predicted octanol–water partition coefficient (Wildman–Crippen LogP) is 3.81. The number of hydrogen-bond acceptors (Lipinski definition) is 4. The molecule has 0 saturated heterocycles. The standard InChI is InChI=1S/C17H8Cl2FN3OS/c18-10-4-5-12(13(19)8-10)15-21-17-23(22-15)16(24)14(25-17)7-9-2-1-3-11(20)6-9/h1-8H/b14-7-. The van der Waals surface area contributed by atoms with Crippen molar-refractivity contribution < 1.29 is 4.39 Å². The molecule has 2 heterocycles. The van der Waals surface area contributed by atoms with E-state index in [2.05, 4.69) is 10.1 Å². The number of aromatic nitrogens is 3. The molecule has 0 unspecified atom stereocenters. The Morgan fingerprint density at radius 3 is 2.72 bits per heavy atom. The molecule has 4 aromatic rings. The fourth-order valence-corrected chi connectivity index (χ4v) is 3.77. The van der Waals surface area contributed by atoms with Crippen molar-refractivity contribution in [3.05, 3.63) is 78.8 Å². The zero-order valence-electron chi connectivity index (χ0n) is 12.4. The molecule has 0 aliphatic heterocycles. The van der Waals surface area contributed by atoms with Gasteiger partial charge >= 0.3 is 0 Å². The zero-order chi connectivity index (χ0) is 17.6. The van der Waals surface area contributed by atoms with Gasteiger partial charge < -0.3 is 0 Å². The summed E-state index contributed by atoms with van der Waals surface area (Å²) in [6.45, 7) is 0. The highest BCUT2D eigenvalue weighted by atomic mass is 35.5. The number of halogens is 3. The van der Waals surface area contributed by atoms with Crippen LogP contribution in [-0.2, 0) is 0 Å². The maximum Gasteiger partial charge on any atom is 0.291 e. The molecule has 4 rings (SSSR count). The van der Waals surface area contributed by atoms with Crippen LogP contribution in [0.25, 0.3) is 22.4 Å². The first-order valence-electron chi connectivity index (χ1n) is 7.13. The molecule has 0 aliphatic carbocycles. The van der Waals surface area contributed by atoms with Crippen molar-refractivity contribution in [2.75, 3.05) is 0 Å². The number of nitrogens with zero attached hydrogens (tertiary/aromatic N) is 3. The molecule has 8 heteroatoms. The first-order valence-corrected chi connectivity index (χ1v) is 8.71. The van der Waals surface area contributed by atoms with Gasteiger partial charge in [-0.25, -0.2) is 4.39 Å². The molecule has 0 fully saturated rings. The van der Waals surface area contributed by atoms with Crippen LogP contribution in [0, 0.1) is 5.82 Å². The lowest BCUT2D eigenvalue weighted by Crippen LogP contribution is -2.23. The smallest absolute Gasteiger partial charge is 0.266 e. The fourth-order valence-electron chi connectivity index (χ4n) is 2.37. The van der Waals surface area contributed by atoms with Crippen LogP contribution in [0.2, 0.25) is 10.0 Å². The van der Waals surface area contributed by atoms with Gasteiger partial charge in [0.25, 0.3) is 5.56 Å². The van der Waals surface area contributed by atoms with Crippen LogP contribution in [0.3, 0.4) is 0 Å². The quantitative estimate of drug-likeness (QED) is 0.521. The lowest BCUT2D eigenvalue weighted by atomic mass is 10.2. The third-order valence-corrected chi connectivity index (χ3v) is 5.01. The first-order chi connectivity index (χ1) is 12.0. The molecule has 0 N–H and O–H groups in total. The first kappa shape index (κ1) is 16.2. The molecule has 0 radical (unpaired) electrons. The van der Waals surface area contributed by atoms with Crippen LogP contribution >= 0.6 is 34.5 Å². The molecular weight excluding hydrogens is 384 g/mol. The van der Waals surface area contributed by atoms with Gasteiger partial charge in [0.05, 0.1) is 9.55 Å². The molecule has 4 nitrogen and oxygen atoms in total. The SMILES string of the molecule is O=c1/c(=C/c2cccc(F)c2)sc2nc(-c3ccc(Cl)cc3Cl)nn12. The van der Waals surface area contributed by atoms with E-state index in [9.17, 15) is 9.18 Å². The molecule has 25 heavy (non-hydrogen) atoms. The molecular formula is C17H8Cl2FN3OS. The van der Waals surface area contributed by atoms with Crippen LogP contribution < -0.4 is 10.1 Å². The number of benzene rings is 2. The summed E-state index contributed by atoms with van der Waals surface area (Å²) in [6.07, 6.45) is 1.61. The van der Waals surface area contributed by atoms with Gasteiger partial charge in [0.15, 0.2) is 5.82 Å². The Bertz CT molecular complexity index is 1220. The third-order valence-electron chi connectivity index (χ3n) is 3.50. The molecule has 0 bridgehead atoms. The summed E-state index contributed by atoms with van der Waals surface area (Å²) in [4.78, 5) is 17.3. The van der Waals surface area contributed by atoms with Gasteiger partial charge in [0, 0.05) is 10.6 Å². The second-order valence-electron chi connectivity index (χ2n) is 5.22. The van der Waals surface area contributed by atoms with E-state index in [0.29, 0.717) is 36.5 Å². The zero-order valence-corrected chi connectivity index (χ0v) is 14.7. The summed E-state index contributed by atoms with van der Waals surface area (Å²) in [5.74, 6) is -0.0114. The van der Waals surface area contributed by atoms with Crippen LogP contribution in [0.15, 0.2) is 47.3 Å². The highest BCUT2D eigenvalue weighted by Gasteiger charge is 2.14. The van der Waals surface area contributed by atoms with Crippen molar-refractivity contribution in [3.63, 3.8) is 0 Å². The van der Waals surface area contributed by atoms with Crippen molar-refractivity contribution in [1.29, 1.82) is 0 Å². The van der Waals surface area contributed by atoms with Crippen molar-refractivity contribution in [3.8, 4) is 11.4 Å². The maximum atomic E-state index is 13.3. The minimum atomic E-state index is -0.361. The molecule has 0 aliphatic rings. The molecule has 2 aromatic carbocycles. The lowest BCUT2D eigenvalue weighted by molar-refractivity contribution is 0.627. The van der Waals surface area contributed by atoms with Crippen LogP contribution in [0.1, 0.15) is 5.56 Å². The van der Waals surface area contributed by atoms with Gasteiger partial charge in [0.2, 0.25) is 4.96 Å². The second kappa shape index (κ2) is 6.22. The molecule has 0 spiro atoms. The van der Waals surface area contributed by atoms with E-state index >= 15 is 0 Å². The van der Waals surface area contributed by atoms with Crippen molar-refractivity contribution in [2.24, 2.45) is 0 Å². The Kier molecular flexibility index (Phi) is 4.03. The summed E-state index contributed by atoms with van der Waals surface area (Å²) < 4.78 is 14.9. The summed E-state index contributed by atoms with van der Waals surface area (Å²) in [7, 11) is 0. The van der Waals surface area contributed by atoms with E-state index in [-0.39, 0.29) is 11.4 Å². The number of fused-ring (bicyclic) bond motifs is 1. The Labute approximate surface area is 154 Å². The van der Waals surface area contributed by atoms with E-state index in [1.807, 2.05) is 0 Å². The molecule has 0 saturated carbocycles. The van der Waals surface area contributed by atoms with Crippen LogP contribution in [-0.4, -0.2) is 14.6 Å². The summed E-state index contributed by atoms with van der Waals surface area (Å²) in [5.41, 5.74) is 0.882. The molecule has 0 amide bonds. The highest BCUT2D eigenvalue weighted by molar-refractivity contribution is 7.15. The van der Waals surface area contributed by atoms with E-state index in [1.165, 1.54) is 28.0 Å². The maximum absolute atomic E-state index is 13.3. The predicted molar refractivity (Wildman–Crippen MR) is 97.8 cm³/mol. The van der Waals surface area contributed by atoms with Gasteiger partial charge in [-0.05, 0) is 42.0 Å². The number of hydrogen-bond donors (Lipinski definition) is 0. The van der Waals surface area contributed by atoms with Gasteiger partial charge in [-0.2, -0.15) is 9.50 Å². The Balaban J connectivity index is 1.83. The molecule has 124 valence electrons. The number of thiazole rings is 1. The Morgan fingerprint density at radius 1 is 1.16 bits per heavy atom. The van der Waals surface area contributed by atoms with Crippen molar-refractivity contribution in [2.45, 2.75) is 0 Å². The summed E-state index contributed by atoms with van der Waals surface area (Å²) in [5, 5.41) is 5.15. The topological polar surface area (TPSA) is 47.3 Å². The van der Waals surface area contributed by atoms with Gasteiger partial charge in [-0.3, -0.25) is 4.79 Å². The summed E-state index contributed by atoms with van der Waals surface area (Å²) >= 11 is 13.2. The largest absolute Gasteiger partial charge is 0.291 e. The van der Waals surface area contributed by atoms with Crippen molar-refractivity contribution in [1.82, 2.24) is 14.6 Å². The fraction of sp³-hybridized carbons (Fsp3) is 0. The average molecular weight is 392 g/mol. The minimum absolute atomic E-state index is 0.312. The molecule has 2 aromatic heterocycles. The average Bonchev–Trinajstić information content (AvgIpc) is 3.08. The molecule has 0 atom stereocenters. The van der Waals surface area contributed by atoms with Gasteiger partial charge in [-0.15, -0.1) is 5.10 Å². The minimum Gasteiger partial charge on any atom is -0.266 e. The van der Waals surface area contributed by atoms with E-state index in [0.717, 1.165) is 0 Å². The highest BCUT2D eigenvalue weighted by Crippen LogP contribution is 2.28. The number of rotatable bonds is 2. The van der Waals surface area contributed by atoms with Crippen LogP contribution in [0.5, 0.6) is 0 Å².